The van der Waals surface area contributed by atoms with Gasteiger partial charge in [-0.15, -0.1) is 0 Å². The molecule has 1 saturated heterocycles. The zero-order valence-electron chi connectivity index (χ0n) is 11.1. The van der Waals surface area contributed by atoms with Crippen LogP contribution in [0.3, 0.4) is 0 Å². The number of likely N-dealkylation sites (N-methyl/N-ethyl adjacent to an activating group) is 1. The van der Waals surface area contributed by atoms with Crippen molar-refractivity contribution in [2.75, 3.05) is 38.2 Å². The molecule has 1 aliphatic heterocycles. The van der Waals surface area contributed by atoms with E-state index in [0.717, 1.165) is 30.9 Å². The van der Waals surface area contributed by atoms with Crippen LogP contribution in [0, 0.1) is 0 Å². The quantitative estimate of drug-likeness (QED) is 0.817. The number of ether oxygens (including phenoxy) is 1. The Labute approximate surface area is 108 Å². The third-order valence-corrected chi connectivity index (χ3v) is 3.19. The van der Waals surface area contributed by atoms with Crippen molar-refractivity contribution in [2.24, 2.45) is 0 Å². The van der Waals surface area contributed by atoms with E-state index in [2.05, 4.69) is 4.90 Å². The Kier molecular flexibility index (Phi) is 4.07. The van der Waals surface area contributed by atoms with Crippen molar-refractivity contribution < 1.29 is 9.53 Å². The number of carbonyl (C=O) groups excluding carboxylic acids is 1. The third-order valence-electron chi connectivity index (χ3n) is 3.19. The molecule has 0 saturated carbocycles. The van der Waals surface area contributed by atoms with E-state index in [-0.39, 0.29) is 5.91 Å². The number of anilines is 1. The minimum absolute atomic E-state index is 0.182. The van der Waals surface area contributed by atoms with Gasteiger partial charge in [0.2, 0.25) is 5.91 Å². The van der Waals surface area contributed by atoms with Gasteiger partial charge in [0, 0.05) is 25.8 Å². The molecule has 1 aliphatic rings. The maximum Gasteiger partial charge on any atom is 0.241 e. The van der Waals surface area contributed by atoms with Crippen LogP contribution in [0.1, 0.15) is 13.3 Å². The molecule has 0 unspecified atom stereocenters. The van der Waals surface area contributed by atoms with Crippen molar-refractivity contribution >= 4 is 11.6 Å². The highest BCUT2D eigenvalue weighted by molar-refractivity contribution is 5.81. The van der Waals surface area contributed by atoms with Crippen LogP contribution >= 0.6 is 0 Å². The highest BCUT2D eigenvalue weighted by atomic mass is 16.5. The fraction of sp³-hybridized carbons (Fsp3) is 0.500. The van der Waals surface area contributed by atoms with Crippen LogP contribution in [0.2, 0.25) is 0 Å². The number of hydrogen-bond acceptors (Lipinski definition) is 3. The zero-order valence-corrected chi connectivity index (χ0v) is 11.1. The van der Waals surface area contributed by atoms with Crippen molar-refractivity contribution in [1.29, 1.82) is 0 Å². The summed E-state index contributed by atoms with van der Waals surface area (Å²) in [6, 6.07) is 7.95. The second-order valence-corrected chi connectivity index (χ2v) is 4.52. The Bertz CT molecular complexity index is 403. The molecule has 2 rings (SSSR count). The summed E-state index contributed by atoms with van der Waals surface area (Å²) in [5.41, 5.74) is 1.09. The summed E-state index contributed by atoms with van der Waals surface area (Å²) in [4.78, 5) is 15.8. The molecule has 0 aliphatic carbocycles. The van der Waals surface area contributed by atoms with Crippen LogP contribution in [0.25, 0.3) is 0 Å². The lowest BCUT2D eigenvalue weighted by Gasteiger charge is -2.22. The van der Waals surface area contributed by atoms with Gasteiger partial charge < -0.3 is 14.5 Å². The maximum absolute atomic E-state index is 11.8. The van der Waals surface area contributed by atoms with Gasteiger partial charge in [0.15, 0.2) is 0 Å². The minimum atomic E-state index is 0.182. The van der Waals surface area contributed by atoms with Gasteiger partial charge >= 0.3 is 0 Å². The number of hydrogen-bond donors (Lipinski definition) is 0. The monoisotopic (exact) mass is 248 g/mol. The van der Waals surface area contributed by atoms with Crippen molar-refractivity contribution in [2.45, 2.75) is 13.3 Å². The molecule has 1 amide bonds. The highest BCUT2D eigenvalue weighted by Gasteiger charge is 2.18. The van der Waals surface area contributed by atoms with Crippen molar-refractivity contribution in [3.63, 3.8) is 0 Å². The molecule has 0 atom stereocenters. The van der Waals surface area contributed by atoms with Crippen LogP contribution in [0.15, 0.2) is 24.3 Å². The van der Waals surface area contributed by atoms with Crippen LogP contribution in [0.4, 0.5) is 5.69 Å². The molecule has 1 aromatic carbocycles. The normalized spacial score (nSPS) is 16.7. The standard InChI is InChI=1S/C14H20N2O2/c1-3-18-13-7-5-12(6-8-13)16-10-4-9-15(2)14(17)11-16/h5-8H,3-4,9-11H2,1-2H3. The van der Waals surface area contributed by atoms with Gasteiger partial charge in [-0.1, -0.05) is 0 Å². The largest absolute Gasteiger partial charge is 0.494 e. The molecule has 4 nitrogen and oxygen atoms in total. The SMILES string of the molecule is CCOc1ccc(N2CCCN(C)C(=O)C2)cc1. The van der Waals surface area contributed by atoms with Crippen molar-refractivity contribution in [1.82, 2.24) is 4.90 Å². The highest BCUT2D eigenvalue weighted by Crippen LogP contribution is 2.20. The predicted molar refractivity (Wildman–Crippen MR) is 72.1 cm³/mol. The Balaban J connectivity index is 2.08. The van der Waals surface area contributed by atoms with E-state index in [4.69, 9.17) is 4.74 Å². The van der Waals surface area contributed by atoms with Gasteiger partial charge in [-0.25, -0.2) is 0 Å². The fourth-order valence-corrected chi connectivity index (χ4v) is 2.13. The third kappa shape index (κ3) is 2.94. The van der Waals surface area contributed by atoms with E-state index < -0.39 is 0 Å². The van der Waals surface area contributed by atoms with E-state index >= 15 is 0 Å². The molecular formula is C14H20N2O2. The average molecular weight is 248 g/mol. The number of carbonyl (C=O) groups is 1. The summed E-state index contributed by atoms with van der Waals surface area (Å²) in [7, 11) is 1.87. The first-order valence-corrected chi connectivity index (χ1v) is 6.42. The summed E-state index contributed by atoms with van der Waals surface area (Å²) in [6.07, 6.45) is 1.01. The number of rotatable bonds is 3. The molecule has 1 aromatic rings. The molecule has 98 valence electrons. The van der Waals surface area contributed by atoms with E-state index in [0.29, 0.717) is 13.2 Å². The number of nitrogens with zero attached hydrogens (tertiary/aromatic N) is 2. The topological polar surface area (TPSA) is 32.8 Å². The molecule has 0 N–H and O–H groups in total. The molecule has 0 aromatic heterocycles. The summed E-state index contributed by atoms with van der Waals surface area (Å²) < 4.78 is 5.42. The van der Waals surface area contributed by atoms with Crippen LogP contribution in [0.5, 0.6) is 5.75 Å². The average Bonchev–Trinajstić information content (AvgIpc) is 2.54. The second kappa shape index (κ2) is 5.76. The summed E-state index contributed by atoms with van der Waals surface area (Å²) in [6.45, 7) is 4.87. The smallest absolute Gasteiger partial charge is 0.241 e. The lowest BCUT2D eigenvalue weighted by molar-refractivity contribution is -0.127. The molecule has 1 heterocycles. The van der Waals surface area contributed by atoms with Crippen LogP contribution in [-0.4, -0.2) is 44.1 Å². The summed E-state index contributed by atoms with van der Waals surface area (Å²) in [5.74, 6) is 1.06. The summed E-state index contributed by atoms with van der Waals surface area (Å²) in [5, 5.41) is 0. The lowest BCUT2D eigenvalue weighted by atomic mass is 10.2. The van der Waals surface area contributed by atoms with Gasteiger partial charge in [-0.2, -0.15) is 0 Å². The second-order valence-electron chi connectivity index (χ2n) is 4.52. The Morgan fingerprint density at radius 1 is 1.22 bits per heavy atom. The first kappa shape index (κ1) is 12.7. The maximum atomic E-state index is 11.8. The fourth-order valence-electron chi connectivity index (χ4n) is 2.13. The Morgan fingerprint density at radius 3 is 2.61 bits per heavy atom. The van der Waals surface area contributed by atoms with Crippen LogP contribution in [-0.2, 0) is 4.79 Å². The van der Waals surface area contributed by atoms with Gasteiger partial charge in [-0.3, -0.25) is 4.79 Å². The number of benzene rings is 1. The summed E-state index contributed by atoms with van der Waals surface area (Å²) >= 11 is 0. The molecular weight excluding hydrogens is 228 g/mol. The molecule has 0 spiro atoms. The van der Waals surface area contributed by atoms with E-state index in [1.54, 1.807) is 4.90 Å². The Hall–Kier alpha value is -1.71. The van der Waals surface area contributed by atoms with Gasteiger partial charge in [-0.05, 0) is 37.6 Å². The first-order valence-electron chi connectivity index (χ1n) is 6.42. The van der Waals surface area contributed by atoms with Gasteiger partial charge in [0.1, 0.15) is 5.75 Å². The molecule has 18 heavy (non-hydrogen) atoms. The van der Waals surface area contributed by atoms with Crippen molar-refractivity contribution in [3.8, 4) is 5.75 Å². The number of amides is 1. The van der Waals surface area contributed by atoms with E-state index in [1.165, 1.54) is 0 Å². The molecule has 0 radical (unpaired) electrons. The van der Waals surface area contributed by atoms with E-state index in [9.17, 15) is 4.79 Å². The van der Waals surface area contributed by atoms with Crippen LogP contribution < -0.4 is 9.64 Å². The van der Waals surface area contributed by atoms with E-state index in [1.807, 2.05) is 38.2 Å². The predicted octanol–water partition coefficient (Wildman–Crippen LogP) is 1.75. The molecule has 0 bridgehead atoms. The zero-order chi connectivity index (χ0) is 13.0. The first-order chi connectivity index (χ1) is 8.70. The minimum Gasteiger partial charge on any atom is -0.494 e. The van der Waals surface area contributed by atoms with Crippen molar-refractivity contribution in [3.05, 3.63) is 24.3 Å². The Morgan fingerprint density at radius 2 is 1.94 bits per heavy atom. The van der Waals surface area contributed by atoms with Gasteiger partial charge in [0.05, 0.1) is 13.2 Å². The molecule has 4 heteroatoms. The lowest BCUT2D eigenvalue weighted by Crippen LogP contribution is -2.34. The van der Waals surface area contributed by atoms with Gasteiger partial charge in [0.25, 0.3) is 0 Å². The molecule has 1 fully saturated rings.